The van der Waals surface area contributed by atoms with Gasteiger partial charge in [-0.2, -0.15) is 5.10 Å². The highest BCUT2D eigenvalue weighted by Gasteiger charge is 2.30. The number of fused-ring (bicyclic) bond motifs is 2. The van der Waals surface area contributed by atoms with E-state index in [-0.39, 0.29) is 37.0 Å². The maximum absolute atomic E-state index is 14.2. The summed E-state index contributed by atoms with van der Waals surface area (Å²) in [6.07, 6.45) is 4.90. The van der Waals surface area contributed by atoms with Crippen LogP contribution in [0.2, 0.25) is 0 Å². The van der Waals surface area contributed by atoms with Crippen LogP contribution in [-0.4, -0.2) is 94.6 Å². The largest absolute Gasteiger partial charge is 0.453 e. The zero-order chi connectivity index (χ0) is 31.4. The van der Waals surface area contributed by atoms with Crippen molar-refractivity contribution in [1.82, 2.24) is 24.0 Å². The topological polar surface area (TPSA) is 101 Å². The first kappa shape index (κ1) is 29.6. The quantitative estimate of drug-likeness (QED) is 0.333. The van der Waals surface area contributed by atoms with Gasteiger partial charge in [0.1, 0.15) is 11.9 Å². The SMILES string of the molecule is COC(=O)N(C)C1CCN(c2ccc3cc(-c4nn5cc(C(=O)N6C[C@H](N)C[C@@H](F)C6)ccc5c4C)n(CC4CC4)c3c2)CC1. The average Bonchev–Trinajstić information content (AvgIpc) is 3.72. The van der Waals surface area contributed by atoms with Gasteiger partial charge < -0.3 is 29.7 Å². The van der Waals surface area contributed by atoms with Gasteiger partial charge in [0.05, 0.1) is 35.9 Å². The molecule has 7 rings (SSSR count). The zero-order valence-electron chi connectivity index (χ0n) is 26.3. The molecule has 4 aromatic rings. The molecule has 3 aliphatic rings. The highest BCUT2D eigenvalue weighted by molar-refractivity contribution is 5.95. The fourth-order valence-corrected chi connectivity index (χ4v) is 7.16. The number of hydrogen-bond acceptors (Lipinski definition) is 6. The van der Waals surface area contributed by atoms with Gasteiger partial charge in [-0.25, -0.2) is 13.7 Å². The number of benzene rings is 1. The monoisotopic (exact) mass is 615 g/mol. The van der Waals surface area contributed by atoms with Crippen LogP contribution in [0, 0.1) is 12.8 Å². The molecule has 5 heterocycles. The molecule has 45 heavy (non-hydrogen) atoms. The minimum Gasteiger partial charge on any atom is -0.453 e. The molecule has 2 amide bonds. The highest BCUT2D eigenvalue weighted by atomic mass is 19.1. The number of pyridine rings is 1. The second-order valence-electron chi connectivity index (χ2n) is 13.2. The van der Waals surface area contributed by atoms with E-state index >= 15 is 0 Å². The summed E-state index contributed by atoms with van der Waals surface area (Å²) < 4.78 is 23.3. The Hall–Kier alpha value is -4.12. The second-order valence-corrected chi connectivity index (χ2v) is 13.2. The molecule has 2 saturated heterocycles. The smallest absolute Gasteiger partial charge is 0.409 e. The Labute approximate surface area is 262 Å². The number of alkyl halides is 1. The molecule has 3 aromatic heterocycles. The van der Waals surface area contributed by atoms with Crippen molar-refractivity contribution in [2.45, 2.75) is 63.8 Å². The van der Waals surface area contributed by atoms with Crippen molar-refractivity contribution >= 4 is 34.1 Å². The number of ether oxygens (including phenoxy) is 1. The lowest BCUT2D eigenvalue weighted by Crippen LogP contribution is -2.50. The van der Waals surface area contributed by atoms with Crippen molar-refractivity contribution in [2.24, 2.45) is 11.7 Å². The van der Waals surface area contributed by atoms with E-state index in [1.807, 2.05) is 19.2 Å². The van der Waals surface area contributed by atoms with Gasteiger partial charge in [-0.15, -0.1) is 0 Å². The number of aromatic nitrogens is 3. The standard InChI is InChI=1S/C34H42FN7O3/c1-21-29-9-7-24(33(43)40-19-25(35)15-26(36)20-40)18-42(29)37-32(21)31-14-23-6-8-28(16-30(23)41(31)17-22-4-5-22)39-12-10-27(11-13-39)38(2)34(44)45-3/h6-9,14,16,18,22,25-27H,4-5,10-13,15,17,19-20,36H2,1-3H3/t25-,26-/m1/s1. The molecule has 1 saturated carbocycles. The number of nitrogens with zero attached hydrogens (tertiary/aromatic N) is 6. The number of likely N-dealkylation sites (tertiary alicyclic amines) is 1. The third-order valence-electron chi connectivity index (χ3n) is 9.95. The number of piperidine rings is 2. The highest BCUT2D eigenvalue weighted by Crippen LogP contribution is 2.38. The second kappa shape index (κ2) is 11.7. The Balaban J connectivity index is 1.19. The molecule has 0 spiro atoms. The first-order chi connectivity index (χ1) is 21.7. The van der Waals surface area contributed by atoms with Crippen LogP contribution in [0.15, 0.2) is 42.6 Å². The van der Waals surface area contributed by atoms with E-state index < -0.39 is 6.17 Å². The summed E-state index contributed by atoms with van der Waals surface area (Å²) in [7, 11) is 3.24. The van der Waals surface area contributed by atoms with E-state index in [9.17, 15) is 14.0 Å². The number of hydrogen-bond donors (Lipinski definition) is 1. The molecule has 1 aliphatic carbocycles. The number of methoxy groups -OCH3 is 1. The van der Waals surface area contributed by atoms with Crippen LogP contribution in [0.1, 0.15) is 48.0 Å². The van der Waals surface area contributed by atoms with Gasteiger partial charge in [-0.3, -0.25) is 4.79 Å². The lowest BCUT2D eigenvalue weighted by atomic mass is 10.0. The molecular weight excluding hydrogens is 573 g/mol. The molecule has 2 aliphatic heterocycles. The first-order valence-corrected chi connectivity index (χ1v) is 16.1. The third-order valence-corrected chi connectivity index (χ3v) is 9.95. The van der Waals surface area contributed by atoms with Gasteiger partial charge in [0.2, 0.25) is 0 Å². The minimum absolute atomic E-state index is 0.0692. The van der Waals surface area contributed by atoms with Crippen LogP contribution >= 0.6 is 0 Å². The first-order valence-electron chi connectivity index (χ1n) is 16.1. The third kappa shape index (κ3) is 5.62. The number of carbonyl (C=O) groups is 2. The molecule has 238 valence electrons. The summed E-state index contributed by atoms with van der Waals surface area (Å²) in [4.78, 5) is 30.9. The van der Waals surface area contributed by atoms with Crippen LogP contribution in [0.5, 0.6) is 0 Å². The maximum atomic E-state index is 14.2. The summed E-state index contributed by atoms with van der Waals surface area (Å²) >= 11 is 0. The number of anilines is 1. The molecule has 2 N–H and O–H groups in total. The predicted molar refractivity (Wildman–Crippen MR) is 172 cm³/mol. The Kier molecular flexibility index (Phi) is 7.67. The minimum atomic E-state index is -1.10. The molecular formula is C34H42FN7O3. The molecule has 1 aromatic carbocycles. The number of amides is 2. The Morgan fingerprint density at radius 3 is 2.56 bits per heavy atom. The lowest BCUT2D eigenvalue weighted by molar-refractivity contribution is 0.0606. The van der Waals surface area contributed by atoms with Gasteiger partial charge >= 0.3 is 6.09 Å². The summed E-state index contributed by atoms with van der Waals surface area (Å²) in [6.45, 7) is 5.18. The van der Waals surface area contributed by atoms with Gasteiger partial charge in [-0.1, -0.05) is 6.07 Å². The summed E-state index contributed by atoms with van der Waals surface area (Å²) in [6, 6.07) is 12.5. The Morgan fingerprint density at radius 1 is 1.07 bits per heavy atom. The molecule has 0 radical (unpaired) electrons. The summed E-state index contributed by atoms with van der Waals surface area (Å²) in [5.41, 5.74) is 12.8. The average molecular weight is 616 g/mol. The number of carbonyl (C=O) groups excluding carboxylic acids is 2. The van der Waals surface area contributed by atoms with Crippen LogP contribution in [-0.2, 0) is 11.3 Å². The Bertz CT molecular complexity index is 1740. The van der Waals surface area contributed by atoms with Gasteiger partial charge in [-0.05, 0) is 75.3 Å². The van der Waals surface area contributed by atoms with E-state index in [2.05, 4.69) is 40.7 Å². The maximum Gasteiger partial charge on any atom is 0.409 e. The van der Waals surface area contributed by atoms with Crippen LogP contribution in [0.25, 0.3) is 27.8 Å². The van der Waals surface area contributed by atoms with E-state index in [1.165, 1.54) is 41.4 Å². The van der Waals surface area contributed by atoms with Crippen molar-refractivity contribution in [1.29, 1.82) is 0 Å². The van der Waals surface area contributed by atoms with E-state index in [1.54, 1.807) is 15.6 Å². The Morgan fingerprint density at radius 2 is 1.84 bits per heavy atom. The van der Waals surface area contributed by atoms with E-state index in [4.69, 9.17) is 15.6 Å². The van der Waals surface area contributed by atoms with Crippen LogP contribution in [0.4, 0.5) is 14.9 Å². The number of halogens is 1. The summed E-state index contributed by atoms with van der Waals surface area (Å²) in [5, 5.41) is 6.19. The van der Waals surface area contributed by atoms with Gasteiger partial charge in [0, 0.05) is 68.1 Å². The van der Waals surface area contributed by atoms with Crippen molar-refractivity contribution < 1.29 is 18.7 Å². The molecule has 0 unspecified atom stereocenters. The van der Waals surface area contributed by atoms with Gasteiger partial charge in [0.15, 0.2) is 0 Å². The molecule has 0 bridgehead atoms. The van der Waals surface area contributed by atoms with Gasteiger partial charge in [0.25, 0.3) is 5.91 Å². The van der Waals surface area contributed by atoms with E-state index in [0.29, 0.717) is 18.0 Å². The van der Waals surface area contributed by atoms with Crippen LogP contribution < -0.4 is 10.6 Å². The number of nitrogens with two attached hydrogens (primary N) is 1. The zero-order valence-corrected chi connectivity index (χ0v) is 26.3. The predicted octanol–water partition coefficient (Wildman–Crippen LogP) is 4.85. The van der Waals surface area contributed by atoms with Crippen molar-refractivity contribution in [3.05, 3.63) is 53.7 Å². The lowest BCUT2D eigenvalue weighted by Gasteiger charge is -2.37. The summed E-state index contributed by atoms with van der Waals surface area (Å²) in [5.74, 6) is 0.435. The number of aryl methyl sites for hydroxylation is 1. The number of rotatable bonds is 6. The normalized spacial score (nSPS) is 21.1. The van der Waals surface area contributed by atoms with Crippen molar-refractivity contribution in [3.8, 4) is 11.4 Å². The molecule has 3 fully saturated rings. The van der Waals surface area contributed by atoms with Crippen molar-refractivity contribution in [3.63, 3.8) is 0 Å². The molecule has 11 heteroatoms. The fourth-order valence-electron chi connectivity index (χ4n) is 7.16. The molecule has 2 atom stereocenters. The van der Waals surface area contributed by atoms with Crippen LogP contribution in [0.3, 0.4) is 0 Å². The van der Waals surface area contributed by atoms with Crippen molar-refractivity contribution in [2.75, 3.05) is 45.2 Å². The molecule has 10 nitrogen and oxygen atoms in total. The fraction of sp³-hybridized carbons (Fsp3) is 0.500. The van der Waals surface area contributed by atoms with E-state index in [0.717, 1.165) is 54.9 Å².